The zero-order valence-electron chi connectivity index (χ0n) is 12.2. The van der Waals surface area contributed by atoms with E-state index in [1.54, 1.807) is 19.2 Å². The SMILES string of the molecule is CO[C@@H]1CCC[C@H]1NC(=O)c1cc(-c2ccccc2Cl)on1. The molecule has 1 saturated carbocycles. The summed E-state index contributed by atoms with van der Waals surface area (Å²) in [6.45, 7) is 0. The van der Waals surface area contributed by atoms with Crippen molar-refractivity contribution in [2.24, 2.45) is 0 Å². The maximum atomic E-state index is 12.3. The van der Waals surface area contributed by atoms with Crippen molar-refractivity contribution in [1.82, 2.24) is 10.5 Å². The Morgan fingerprint density at radius 1 is 1.41 bits per heavy atom. The average Bonchev–Trinajstić information content (AvgIpc) is 3.16. The van der Waals surface area contributed by atoms with Crippen molar-refractivity contribution in [2.45, 2.75) is 31.4 Å². The van der Waals surface area contributed by atoms with Crippen molar-refractivity contribution < 1.29 is 14.1 Å². The van der Waals surface area contributed by atoms with E-state index in [2.05, 4.69) is 10.5 Å². The minimum absolute atomic E-state index is 0.0259. The summed E-state index contributed by atoms with van der Waals surface area (Å²) in [6, 6.07) is 8.90. The lowest BCUT2D eigenvalue weighted by molar-refractivity contribution is 0.0717. The summed E-state index contributed by atoms with van der Waals surface area (Å²) >= 11 is 6.12. The predicted molar refractivity (Wildman–Crippen MR) is 82.9 cm³/mol. The van der Waals surface area contributed by atoms with Crippen molar-refractivity contribution >= 4 is 17.5 Å². The highest BCUT2D eigenvalue weighted by molar-refractivity contribution is 6.33. The van der Waals surface area contributed by atoms with Crippen LogP contribution in [0.25, 0.3) is 11.3 Å². The molecule has 1 N–H and O–H groups in total. The van der Waals surface area contributed by atoms with Gasteiger partial charge in [-0.1, -0.05) is 28.9 Å². The van der Waals surface area contributed by atoms with Crippen molar-refractivity contribution in [2.75, 3.05) is 7.11 Å². The van der Waals surface area contributed by atoms with Gasteiger partial charge in [-0.15, -0.1) is 0 Å². The molecule has 0 spiro atoms. The van der Waals surface area contributed by atoms with Crippen molar-refractivity contribution in [3.63, 3.8) is 0 Å². The van der Waals surface area contributed by atoms with Gasteiger partial charge >= 0.3 is 0 Å². The quantitative estimate of drug-likeness (QED) is 0.938. The molecule has 2 aromatic rings. The number of methoxy groups -OCH3 is 1. The number of rotatable bonds is 4. The third-order valence-electron chi connectivity index (χ3n) is 3.95. The van der Waals surface area contributed by atoms with Crippen LogP contribution in [0.4, 0.5) is 0 Å². The van der Waals surface area contributed by atoms with Crippen LogP contribution in [-0.2, 0) is 4.74 Å². The summed E-state index contributed by atoms with van der Waals surface area (Å²) in [5.74, 6) is 0.224. The van der Waals surface area contributed by atoms with Crippen LogP contribution >= 0.6 is 11.6 Å². The lowest BCUT2D eigenvalue weighted by Gasteiger charge is -2.18. The first-order valence-corrected chi connectivity index (χ1v) is 7.62. The van der Waals surface area contributed by atoms with Crippen LogP contribution in [0.5, 0.6) is 0 Å². The summed E-state index contributed by atoms with van der Waals surface area (Å²) < 4.78 is 10.6. The summed E-state index contributed by atoms with van der Waals surface area (Å²) in [5, 5.41) is 7.35. The van der Waals surface area contributed by atoms with E-state index in [9.17, 15) is 4.79 Å². The molecule has 1 aliphatic rings. The molecular formula is C16H17ClN2O3. The Morgan fingerprint density at radius 3 is 3.00 bits per heavy atom. The molecular weight excluding hydrogens is 304 g/mol. The summed E-state index contributed by atoms with van der Waals surface area (Å²) in [5.41, 5.74) is 0.961. The Morgan fingerprint density at radius 2 is 2.23 bits per heavy atom. The molecule has 1 amide bonds. The first-order chi connectivity index (χ1) is 10.7. The van der Waals surface area contributed by atoms with E-state index in [-0.39, 0.29) is 23.7 Å². The van der Waals surface area contributed by atoms with E-state index in [1.807, 2.05) is 18.2 Å². The molecule has 3 rings (SSSR count). The molecule has 6 heteroatoms. The van der Waals surface area contributed by atoms with E-state index in [0.29, 0.717) is 16.3 Å². The van der Waals surface area contributed by atoms with E-state index in [4.69, 9.17) is 20.9 Å². The molecule has 0 radical (unpaired) electrons. The van der Waals surface area contributed by atoms with Crippen LogP contribution in [0.1, 0.15) is 29.8 Å². The second-order valence-electron chi connectivity index (χ2n) is 5.34. The van der Waals surface area contributed by atoms with Gasteiger partial charge in [0.1, 0.15) is 0 Å². The summed E-state index contributed by atoms with van der Waals surface area (Å²) in [6.07, 6.45) is 3.00. The van der Waals surface area contributed by atoms with Gasteiger partial charge in [0.25, 0.3) is 5.91 Å². The second-order valence-corrected chi connectivity index (χ2v) is 5.75. The third-order valence-corrected chi connectivity index (χ3v) is 4.28. The number of amides is 1. The summed E-state index contributed by atoms with van der Waals surface area (Å²) in [7, 11) is 1.67. The Labute approximate surface area is 133 Å². The largest absolute Gasteiger partial charge is 0.379 e. The monoisotopic (exact) mass is 320 g/mol. The average molecular weight is 321 g/mol. The van der Waals surface area contributed by atoms with Gasteiger partial charge in [-0.3, -0.25) is 4.79 Å². The van der Waals surface area contributed by atoms with Crippen molar-refractivity contribution in [3.05, 3.63) is 41.0 Å². The standard InChI is InChI=1S/C16H17ClN2O3/c1-21-14-8-4-7-12(14)18-16(20)13-9-15(22-19-13)10-5-2-3-6-11(10)17/h2-3,5-6,9,12,14H,4,7-8H2,1H3,(H,18,20)/t12-,14-/m1/s1. The number of hydrogen-bond acceptors (Lipinski definition) is 4. The number of ether oxygens (including phenoxy) is 1. The van der Waals surface area contributed by atoms with Crippen LogP contribution in [0.15, 0.2) is 34.9 Å². The van der Waals surface area contributed by atoms with Crippen LogP contribution < -0.4 is 5.32 Å². The fraction of sp³-hybridized carbons (Fsp3) is 0.375. The molecule has 1 fully saturated rings. The lowest BCUT2D eigenvalue weighted by atomic mass is 10.1. The molecule has 0 bridgehead atoms. The fourth-order valence-electron chi connectivity index (χ4n) is 2.79. The van der Waals surface area contributed by atoms with Gasteiger partial charge in [-0.25, -0.2) is 0 Å². The van der Waals surface area contributed by atoms with Crippen LogP contribution in [0, 0.1) is 0 Å². The Kier molecular flexibility index (Phi) is 4.45. The molecule has 1 aromatic heterocycles. The maximum Gasteiger partial charge on any atom is 0.273 e. The van der Waals surface area contributed by atoms with Gasteiger partial charge in [0.15, 0.2) is 11.5 Å². The molecule has 2 atom stereocenters. The normalized spacial score (nSPS) is 21.0. The number of carbonyl (C=O) groups is 1. The van der Waals surface area contributed by atoms with Crippen LogP contribution in [-0.4, -0.2) is 30.3 Å². The van der Waals surface area contributed by atoms with Gasteiger partial charge in [-0.2, -0.15) is 0 Å². The molecule has 116 valence electrons. The van der Waals surface area contributed by atoms with Crippen LogP contribution in [0.2, 0.25) is 5.02 Å². The molecule has 0 aliphatic heterocycles. The van der Waals surface area contributed by atoms with E-state index in [1.165, 1.54) is 0 Å². The zero-order valence-corrected chi connectivity index (χ0v) is 13.0. The lowest BCUT2D eigenvalue weighted by Crippen LogP contribution is -2.40. The van der Waals surface area contributed by atoms with Crippen LogP contribution in [0.3, 0.4) is 0 Å². The highest BCUT2D eigenvalue weighted by Crippen LogP contribution is 2.28. The van der Waals surface area contributed by atoms with Gasteiger partial charge < -0.3 is 14.6 Å². The molecule has 0 unspecified atom stereocenters. The van der Waals surface area contributed by atoms with E-state index < -0.39 is 0 Å². The number of nitrogens with zero attached hydrogens (tertiary/aromatic N) is 1. The Balaban J connectivity index is 1.73. The number of nitrogens with one attached hydrogen (secondary N) is 1. The van der Waals surface area contributed by atoms with Gasteiger partial charge in [-0.05, 0) is 31.4 Å². The number of benzene rings is 1. The number of halogens is 1. The van der Waals surface area contributed by atoms with Gasteiger partial charge in [0.2, 0.25) is 0 Å². The highest BCUT2D eigenvalue weighted by atomic mass is 35.5. The van der Waals surface area contributed by atoms with Gasteiger partial charge in [0.05, 0.1) is 17.2 Å². The Hall–Kier alpha value is -1.85. The Bertz CT molecular complexity index is 671. The molecule has 1 aromatic carbocycles. The number of carbonyl (C=O) groups excluding carboxylic acids is 1. The number of hydrogen-bond donors (Lipinski definition) is 1. The molecule has 0 saturated heterocycles. The fourth-order valence-corrected chi connectivity index (χ4v) is 3.01. The molecule has 5 nitrogen and oxygen atoms in total. The first kappa shape index (κ1) is 15.1. The summed E-state index contributed by atoms with van der Waals surface area (Å²) in [4.78, 5) is 12.3. The zero-order chi connectivity index (χ0) is 15.5. The molecule has 22 heavy (non-hydrogen) atoms. The van der Waals surface area contributed by atoms with Crippen molar-refractivity contribution in [3.8, 4) is 11.3 Å². The van der Waals surface area contributed by atoms with E-state index >= 15 is 0 Å². The molecule has 1 aliphatic carbocycles. The van der Waals surface area contributed by atoms with Crippen molar-refractivity contribution in [1.29, 1.82) is 0 Å². The van der Waals surface area contributed by atoms with Gasteiger partial charge in [0, 0.05) is 18.7 Å². The molecule has 1 heterocycles. The highest BCUT2D eigenvalue weighted by Gasteiger charge is 2.29. The van der Waals surface area contributed by atoms with E-state index in [0.717, 1.165) is 19.3 Å². The smallest absolute Gasteiger partial charge is 0.273 e. The first-order valence-electron chi connectivity index (χ1n) is 7.24. The third kappa shape index (κ3) is 3.00. The number of aromatic nitrogens is 1. The second kappa shape index (κ2) is 6.50. The predicted octanol–water partition coefficient (Wildman–Crippen LogP) is 3.29. The minimum atomic E-state index is -0.254. The maximum absolute atomic E-state index is 12.3. The minimum Gasteiger partial charge on any atom is -0.379 e. The topological polar surface area (TPSA) is 64.4 Å².